The predicted octanol–water partition coefficient (Wildman–Crippen LogP) is 3.47. The molecular formula is C14H15N3. The quantitative estimate of drug-likeness (QED) is 0.773. The van der Waals surface area contributed by atoms with Gasteiger partial charge in [0.2, 0.25) is 0 Å². The molecule has 0 radical (unpaired) electrons. The summed E-state index contributed by atoms with van der Waals surface area (Å²) in [6, 6.07) is 11.1. The lowest BCUT2D eigenvalue weighted by atomic mass is 9.95. The van der Waals surface area contributed by atoms with E-state index in [2.05, 4.69) is 6.07 Å². The average molecular weight is 225 g/mol. The first-order valence-electron chi connectivity index (χ1n) is 5.53. The minimum absolute atomic E-state index is 0.0513. The molecule has 1 atom stereocenters. The van der Waals surface area contributed by atoms with Crippen LogP contribution in [0.25, 0.3) is 0 Å². The van der Waals surface area contributed by atoms with Gasteiger partial charge in [-0.15, -0.1) is 0 Å². The first-order chi connectivity index (χ1) is 8.21. The van der Waals surface area contributed by atoms with E-state index in [4.69, 9.17) is 15.8 Å². The summed E-state index contributed by atoms with van der Waals surface area (Å²) >= 11 is 0. The lowest BCUT2D eigenvalue weighted by molar-refractivity contribution is 0.788. The Morgan fingerprint density at radius 3 is 1.82 bits per heavy atom. The summed E-state index contributed by atoms with van der Waals surface area (Å²) in [6.07, 6.45) is 0.389. The van der Waals surface area contributed by atoms with Crippen molar-refractivity contribution in [2.24, 2.45) is 0 Å². The molecule has 0 heterocycles. The van der Waals surface area contributed by atoms with Crippen molar-refractivity contribution in [3.05, 3.63) is 34.9 Å². The van der Waals surface area contributed by atoms with Gasteiger partial charge in [0.25, 0.3) is 0 Å². The molecule has 0 aromatic heterocycles. The van der Waals surface area contributed by atoms with E-state index in [0.29, 0.717) is 17.5 Å². The topological polar surface area (TPSA) is 71.4 Å². The zero-order chi connectivity index (χ0) is 13.3. The summed E-state index contributed by atoms with van der Waals surface area (Å²) in [5.74, 6) is 0.0513. The van der Waals surface area contributed by atoms with Gasteiger partial charge in [-0.1, -0.05) is 20.8 Å². The van der Waals surface area contributed by atoms with Crippen molar-refractivity contribution in [1.29, 1.82) is 15.8 Å². The highest BCUT2D eigenvalue weighted by molar-refractivity contribution is 5.43. The molecule has 3 heteroatoms. The van der Waals surface area contributed by atoms with Crippen molar-refractivity contribution in [3.63, 3.8) is 0 Å². The molecule has 1 rings (SSSR count). The molecule has 0 spiro atoms. The van der Waals surface area contributed by atoms with Gasteiger partial charge in [0.05, 0.1) is 29.3 Å². The summed E-state index contributed by atoms with van der Waals surface area (Å²) in [5.41, 5.74) is 1.80. The maximum Gasteiger partial charge on any atom is 0.0992 e. The van der Waals surface area contributed by atoms with Crippen molar-refractivity contribution in [2.45, 2.75) is 33.1 Å². The zero-order valence-electron chi connectivity index (χ0n) is 10.4. The molecule has 1 aromatic rings. The Morgan fingerprint density at radius 1 is 1.00 bits per heavy atom. The second-order valence-electron chi connectivity index (χ2n) is 3.33. The smallest absolute Gasteiger partial charge is 0.0992 e. The van der Waals surface area contributed by atoms with Crippen LogP contribution in [0.3, 0.4) is 0 Å². The molecule has 86 valence electrons. The van der Waals surface area contributed by atoms with E-state index in [-0.39, 0.29) is 5.92 Å². The van der Waals surface area contributed by atoms with Crippen molar-refractivity contribution < 1.29 is 0 Å². The Labute approximate surface area is 103 Å². The number of rotatable bonds is 2. The predicted molar refractivity (Wildman–Crippen MR) is 65.9 cm³/mol. The molecule has 1 unspecified atom stereocenters. The van der Waals surface area contributed by atoms with Gasteiger partial charge in [-0.25, -0.2) is 0 Å². The molecule has 0 bridgehead atoms. The van der Waals surface area contributed by atoms with Crippen LogP contribution in [0.5, 0.6) is 0 Å². The fraction of sp³-hybridized carbons (Fsp3) is 0.357. The number of hydrogen-bond donors (Lipinski definition) is 0. The van der Waals surface area contributed by atoms with Crippen molar-refractivity contribution >= 4 is 0 Å². The number of nitriles is 3. The Bertz CT molecular complexity index is 451. The van der Waals surface area contributed by atoms with Gasteiger partial charge in [-0.3, -0.25) is 0 Å². The van der Waals surface area contributed by atoms with E-state index in [1.54, 1.807) is 18.2 Å². The third-order valence-corrected chi connectivity index (χ3v) is 2.18. The molecule has 17 heavy (non-hydrogen) atoms. The molecule has 0 fully saturated rings. The van der Waals surface area contributed by atoms with Gasteiger partial charge in [-0.2, -0.15) is 15.8 Å². The second kappa shape index (κ2) is 7.91. The minimum atomic E-state index is 0.0513. The highest BCUT2D eigenvalue weighted by atomic mass is 14.3. The maximum atomic E-state index is 8.77. The van der Waals surface area contributed by atoms with Crippen LogP contribution in [-0.2, 0) is 0 Å². The van der Waals surface area contributed by atoms with E-state index in [9.17, 15) is 0 Å². The number of benzene rings is 1. The lowest BCUT2D eigenvalue weighted by Crippen LogP contribution is -1.94. The van der Waals surface area contributed by atoms with Gasteiger partial charge in [0.1, 0.15) is 0 Å². The van der Waals surface area contributed by atoms with Gasteiger partial charge in [0, 0.05) is 6.42 Å². The molecule has 0 aliphatic heterocycles. The van der Waals surface area contributed by atoms with Crippen LogP contribution in [-0.4, -0.2) is 0 Å². The lowest BCUT2D eigenvalue weighted by Gasteiger charge is -2.07. The van der Waals surface area contributed by atoms with Gasteiger partial charge >= 0.3 is 0 Å². The van der Waals surface area contributed by atoms with Crippen molar-refractivity contribution in [3.8, 4) is 18.2 Å². The van der Waals surface area contributed by atoms with E-state index in [0.717, 1.165) is 5.56 Å². The summed E-state index contributed by atoms with van der Waals surface area (Å²) in [4.78, 5) is 0. The Hall–Kier alpha value is -2.31. The third kappa shape index (κ3) is 4.37. The van der Waals surface area contributed by atoms with Crippen molar-refractivity contribution in [1.82, 2.24) is 0 Å². The molecule has 0 N–H and O–H groups in total. The van der Waals surface area contributed by atoms with Gasteiger partial charge in [0.15, 0.2) is 0 Å². The van der Waals surface area contributed by atoms with Crippen molar-refractivity contribution in [2.75, 3.05) is 0 Å². The van der Waals surface area contributed by atoms with Crippen LogP contribution < -0.4 is 0 Å². The molecule has 0 saturated heterocycles. The van der Waals surface area contributed by atoms with Crippen LogP contribution in [0, 0.1) is 34.0 Å². The van der Waals surface area contributed by atoms with Gasteiger partial charge < -0.3 is 0 Å². The fourth-order valence-electron chi connectivity index (χ4n) is 1.32. The molecule has 0 aliphatic carbocycles. The monoisotopic (exact) mass is 225 g/mol. The minimum Gasteiger partial charge on any atom is -0.198 e. The first-order valence-corrected chi connectivity index (χ1v) is 5.53. The SMILES string of the molecule is CC.CC(CC#N)c1cc(C#N)cc(C#N)c1. The molecule has 0 saturated carbocycles. The standard InChI is InChI=1S/C12H9N3.C2H6/c1-9(2-3-13)12-5-10(7-14)4-11(6-12)8-15;1-2/h4-6,9H,2H2,1H3;1-2H3. The van der Waals surface area contributed by atoms with Crippen LogP contribution in [0.15, 0.2) is 18.2 Å². The number of hydrogen-bond acceptors (Lipinski definition) is 3. The van der Waals surface area contributed by atoms with Crippen LogP contribution >= 0.6 is 0 Å². The average Bonchev–Trinajstić information content (AvgIpc) is 2.40. The first kappa shape index (κ1) is 14.7. The molecular weight excluding hydrogens is 210 g/mol. The van der Waals surface area contributed by atoms with E-state index < -0.39 is 0 Å². The largest absolute Gasteiger partial charge is 0.198 e. The zero-order valence-corrected chi connectivity index (χ0v) is 10.4. The Balaban J connectivity index is 0.00000121. The Morgan fingerprint density at radius 2 is 1.47 bits per heavy atom. The molecule has 3 nitrogen and oxygen atoms in total. The summed E-state index contributed by atoms with van der Waals surface area (Å²) in [7, 11) is 0. The summed E-state index contributed by atoms with van der Waals surface area (Å²) in [6.45, 7) is 5.90. The fourth-order valence-corrected chi connectivity index (χ4v) is 1.32. The summed E-state index contributed by atoms with van der Waals surface area (Å²) in [5, 5.41) is 26.1. The second-order valence-corrected chi connectivity index (χ2v) is 3.33. The van der Waals surface area contributed by atoms with Crippen LogP contribution in [0.1, 0.15) is 49.8 Å². The van der Waals surface area contributed by atoms with E-state index in [1.807, 2.05) is 32.9 Å². The molecule has 0 amide bonds. The summed E-state index contributed by atoms with van der Waals surface area (Å²) < 4.78 is 0. The van der Waals surface area contributed by atoms with Crippen LogP contribution in [0.4, 0.5) is 0 Å². The molecule has 1 aromatic carbocycles. The Kier molecular flexibility index (Phi) is 6.84. The number of nitrogens with zero attached hydrogens (tertiary/aromatic N) is 3. The third-order valence-electron chi connectivity index (χ3n) is 2.18. The highest BCUT2D eigenvalue weighted by Crippen LogP contribution is 2.21. The van der Waals surface area contributed by atoms with E-state index in [1.165, 1.54) is 0 Å². The maximum absolute atomic E-state index is 8.77. The normalized spacial score (nSPS) is 9.88. The van der Waals surface area contributed by atoms with E-state index >= 15 is 0 Å². The van der Waals surface area contributed by atoms with Gasteiger partial charge in [-0.05, 0) is 29.7 Å². The highest BCUT2D eigenvalue weighted by Gasteiger charge is 2.07. The molecule has 0 aliphatic rings. The van der Waals surface area contributed by atoms with Crippen LogP contribution in [0.2, 0.25) is 0 Å².